The topological polar surface area (TPSA) is 160 Å². The zero-order valence-electron chi connectivity index (χ0n) is 21.4. The van der Waals surface area contributed by atoms with Gasteiger partial charge >= 0.3 is 12.1 Å². The fourth-order valence-corrected chi connectivity index (χ4v) is 4.10. The molecule has 1 aromatic carbocycles. The quantitative estimate of drug-likeness (QED) is 0.415. The largest absolute Gasteiger partial charge is 0.481 e. The molecule has 13 nitrogen and oxygen atoms in total. The van der Waals surface area contributed by atoms with Crippen LogP contribution in [0.5, 0.6) is 0 Å². The zero-order chi connectivity index (χ0) is 27.8. The molecule has 0 spiro atoms. The van der Waals surface area contributed by atoms with Crippen LogP contribution < -0.4 is 5.32 Å². The fraction of sp³-hybridized carbons (Fsp3) is 0.346. The Morgan fingerprint density at radius 3 is 2.41 bits per heavy atom. The first-order chi connectivity index (χ1) is 18.9. The van der Waals surface area contributed by atoms with Crippen molar-refractivity contribution in [2.75, 3.05) is 32.8 Å². The predicted molar refractivity (Wildman–Crippen MR) is 138 cm³/mol. The van der Waals surface area contributed by atoms with Crippen molar-refractivity contribution in [1.82, 2.24) is 34.6 Å². The minimum absolute atomic E-state index is 0.00723. The van der Waals surface area contributed by atoms with Crippen LogP contribution in [0.2, 0.25) is 0 Å². The number of carboxylic acid groups (broad SMARTS) is 1. The molecule has 1 aliphatic rings. The van der Waals surface area contributed by atoms with Crippen molar-refractivity contribution >= 4 is 23.9 Å². The number of carboxylic acids is 1. The average Bonchev–Trinajstić information content (AvgIpc) is 3.50. The zero-order valence-corrected chi connectivity index (χ0v) is 21.4. The van der Waals surface area contributed by atoms with Gasteiger partial charge in [-0.1, -0.05) is 30.3 Å². The van der Waals surface area contributed by atoms with Crippen LogP contribution in [0.15, 0.2) is 55.1 Å². The molecule has 4 rings (SSSR count). The van der Waals surface area contributed by atoms with Gasteiger partial charge in [0.05, 0.1) is 6.61 Å². The van der Waals surface area contributed by atoms with Crippen molar-refractivity contribution in [2.24, 2.45) is 0 Å². The van der Waals surface area contributed by atoms with E-state index in [9.17, 15) is 24.3 Å². The molecule has 2 aromatic heterocycles. The number of hydrogen-bond donors (Lipinski definition) is 2. The highest BCUT2D eigenvalue weighted by Crippen LogP contribution is 2.18. The van der Waals surface area contributed by atoms with Gasteiger partial charge in [0.2, 0.25) is 5.91 Å². The SMILES string of the molecule is CCOC(=O)N1CCN(C(=O)[C@H](CCC(=O)O)NC(=O)c2cc(-n3ccnc3)nc(-c3ccccc3)n2)CC1. The third-order valence-corrected chi connectivity index (χ3v) is 6.11. The van der Waals surface area contributed by atoms with Crippen LogP contribution in [0.1, 0.15) is 30.3 Å². The second-order valence-corrected chi connectivity index (χ2v) is 8.74. The molecule has 1 fully saturated rings. The Bertz CT molecular complexity index is 1310. The molecule has 1 aliphatic heterocycles. The van der Waals surface area contributed by atoms with Gasteiger partial charge < -0.3 is 25.0 Å². The van der Waals surface area contributed by atoms with Gasteiger partial charge in [0.25, 0.3) is 5.91 Å². The molecule has 2 N–H and O–H groups in total. The second-order valence-electron chi connectivity index (χ2n) is 8.74. The second kappa shape index (κ2) is 12.6. The lowest BCUT2D eigenvalue weighted by Crippen LogP contribution is -2.56. The molecule has 1 atom stereocenters. The molecule has 3 aromatic rings. The molecule has 39 heavy (non-hydrogen) atoms. The monoisotopic (exact) mass is 535 g/mol. The van der Waals surface area contributed by atoms with Crippen molar-refractivity contribution in [1.29, 1.82) is 0 Å². The summed E-state index contributed by atoms with van der Waals surface area (Å²) in [5.74, 6) is -1.47. The predicted octanol–water partition coefficient (Wildman–Crippen LogP) is 1.59. The van der Waals surface area contributed by atoms with Crippen molar-refractivity contribution in [3.63, 3.8) is 0 Å². The van der Waals surface area contributed by atoms with Crippen molar-refractivity contribution in [2.45, 2.75) is 25.8 Å². The Labute approximate surface area is 224 Å². The van der Waals surface area contributed by atoms with Crippen LogP contribution in [-0.4, -0.2) is 97.1 Å². The number of imidazole rings is 1. The van der Waals surface area contributed by atoms with E-state index < -0.39 is 29.9 Å². The molecule has 0 aliphatic carbocycles. The number of ether oxygens (including phenoxy) is 1. The summed E-state index contributed by atoms with van der Waals surface area (Å²) < 4.78 is 6.64. The number of benzene rings is 1. The highest BCUT2D eigenvalue weighted by Gasteiger charge is 2.31. The Hall–Kier alpha value is -4.81. The number of aliphatic carboxylic acids is 1. The summed E-state index contributed by atoms with van der Waals surface area (Å²) in [4.78, 5) is 66.0. The van der Waals surface area contributed by atoms with Crippen LogP contribution in [-0.2, 0) is 14.3 Å². The van der Waals surface area contributed by atoms with Gasteiger partial charge in [-0.05, 0) is 13.3 Å². The molecule has 1 saturated heterocycles. The first-order valence-corrected chi connectivity index (χ1v) is 12.5. The standard InChI is InChI=1S/C26H29N7O6/c1-2-39-26(38)32-14-12-31(13-15-32)25(37)19(8-9-22(34)35)29-24(36)20-16-21(33-11-10-27-17-33)30-23(28-20)18-6-4-3-5-7-18/h3-7,10-11,16-17,19H,2,8-9,12-15H2,1H3,(H,29,36)(H,34,35)/t19-/m0/s1. The summed E-state index contributed by atoms with van der Waals surface area (Å²) in [5, 5.41) is 11.9. The molecule has 3 heterocycles. The normalized spacial score (nSPS) is 14.0. The van der Waals surface area contributed by atoms with Gasteiger partial charge in [-0.25, -0.2) is 19.7 Å². The van der Waals surface area contributed by atoms with E-state index >= 15 is 0 Å². The van der Waals surface area contributed by atoms with Crippen LogP contribution in [0, 0.1) is 0 Å². The lowest BCUT2D eigenvalue weighted by Gasteiger charge is -2.35. The number of nitrogens with zero attached hydrogens (tertiary/aromatic N) is 6. The first-order valence-electron chi connectivity index (χ1n) is 12.5. The molecule has 204 valence electrons. The number of carbonyl (C=O) groups excluding carboxylic acids is 3. The minimum Gasteiger partial charge on any atom is -0.481 e. The Morgan fingerprint density at radius 2 is 1.77 bits per heavy atom. The molecule has 0 saturated carbocycles. The summed E-state index contributed by atoms with van der Waals surface area (Å²) in [6.07, 6.45) is 3.91. The van der Waals surface area contributed by atoms with Crippen molar-refractivity contribution in [3.05, 3.63) is 60.8 Å². The third-order valence-electron chi connectivity index (χ3n) is 6.11. The molecule has 3 amide bonds. The van der Waals surface area contributed by atoms with Gasteiger partial charge in [-0.15, -0.1) is 0 Å². The number of piperazine rings is 1. The minimum atomic E-state index is -1.10. The van der Waals surface area contributed by atoms with Gasteiger partial charge in [0.15, 0.2) is 5.82 Å². The maximum absolute atomic E-state index is 13.4. The van der Waals surface area contributed by atoms with E-state index in [0.717, 1.165) is 0 Å². The van der Waals surface area contributed by atoms with Crippen LogP contribution in [0.4, 0.5) is 4.79 Å². The highest BCUT2D eigenvalue weighted by atomic mass is 16.6. The maximum atomic E-state index is 13.4. The number of rotatable bonds is 9. The Balaban J connectivity index is 1.55. The van der Waals surface area contributed by atoms with E-state index in [4.69, 9.17) is 4.74 Å². The summed E-state index contributed by atoms with van der Waals surface area (Å²) in [6.45, 7) is 2.96. The lowest BCUT2D eigenvalue weighted by molar-refractivity contribution is -0.138. The van der Waals surface area contributed by atoms with Crippen LogP contribution in [0.3, 0.4) is 0 Å². The van der Waals surface area contributed by atoms with E-state index in [2.05, 4.69) is 20.3 Å². The third kappa shape index (κ3) is 6.94. The average molecular weight is 536 g/mol. The smallest absolute Gasteiger partial charge is 0.409 e. The summed E-state index contributed by atoms with van der Waals surface area (Å²) in [7, 11) is 0. The van der Waals surface area contributed by atoms with E-state index in [1.807, 2.05) is 30.3 Å². The number of carbonyl (C=O) groups is 4. The van der Waals surface area contributed by atoms with Gasteiger partial charge in [0, 0.05) is 56.6 Å². The lowest BCUT2D eigenvalue weighted by atomic mass is 10.1. The molecular formula is C26H29N7O6. The van der Waals surface area contributed by atoms with Crippen molar-refractivity contribution in [3.8, 4) is 17.2 Å². The van der Waals surface area contributed by atoms with Crippen LogP contribution >= 0.6 is 0 Å². The summed E-state index contributed by atoms with van der Waals surface area (Å²) in [5.41, 5.74) is 0.694. The maximum Gasteiger partial charge on any atom is 0.409 e. The van der Waals surface area contributed by atoms with E-state index in [1.54, 1.807) is 23.9 Å². The number of nitrogens with one attached hydrogen (secondary N) is 1. The Kier molecular flexibility index (Phi) is 8.82. The fourth-order valence-electron chi connectivity index (χ4n) is 4.10. The molecule has 0 radical (unpaired) electrons. The first kappa shape index (κ1) is 27.2. The number of amides is 3. The van der Waals surface area contributed by atoms with E-state index in [1.165, 1.54) is 22.2 Å². The molecular weight excluding hydrogens is 506 g/mol. The number of hydrogen-bond acceptors (Lipinski definition) is 8. The Morgan fingerprint density at radius 1 is 1.05 bits per heavy atom. The molecule has 0 unspecified atom stereocenters. The summed E-state index contributed by atoms with van der Waals surface area (Å²) in [6, 6.07) is 9.49. The van der Waals surface area contributed by atoms with Crippen LogP contribution in [0.25, 0.3) is 17.2 Å². The van der Waals surface area contributed by atoms with Gasteiger partial charge in [0.1, 0.15) is 23.9 Å². The summed E-state index contributed by atoms with van der Waals surface area (Å²) >= 11 is 0. The molecule has 0 bridgehead atoms. The highest BCUT2D eigenvalue weighted by molar-refractivity contribution is 5.97. The van der Waals surface area contributed by atoms with Gasteiger partial charge in [-0.2, -0.15) is 0 Å². The number of aromatic nitrogens is 4. The molecule has 13 heteroatoms. The van der Waals surface area contributed by atoms with Crippen molar-refractivity contribution < 1.29 is 29.0 Å². The van der Waals surface area contributed by atoms with E-state index in [0.29, 0.717) is 17.2 Å². The van der Waals surface area contributed by atoms with Gasteiger partial charge in [-0.3, -0.25) is 19.0 Å². The van der Waals surface area contributed by atoms with E-state index in [-0.39, 0.29) is 51.3 Å².